The standard InChI is InChI=1S/C13H29NO7P2/c1-12(2)9-21-11(13(3,4)14-12)10(8-23(18,19)20)6-5-7-22(15,16)17/h10-11,14H,5-9H2,1-4H3,(H2,15,16,17)(H2,18,19,20). The first-order chi connectivity index (χ1) is 10.1. The van der Waals surface area contributed by atoms with E-state index in [-0.39, 0.29) is 30.7 Å². The molecule has 0 aromatic rings. The molecule has 138 valence electrons. The summed E-state index contributed by atoms with van der Waals surface area (Å²) in [6.07, 6.45) is -0.623. The molecule has 1 fully saturated rings. The van der Waals surface area contributed by atoms with Crippen LogP contribution < -0.4 is 5.32 Å². The zero-order valence-electron chi connectivity index (χ0n) is 14.1. The Morgan fingerprint density at radius 3 is 2.13 bits per heavy atom. The maximum absolute atomic E-state index is 11.4. The lowest BCUT2D eigenvalue weighted by molar-refractivity contribution is -0.107. The Morgan fingerprint density at radius 2 is 1.70 bits per heavy atom. The summed E-state index contributed by atoms with van der Waals surface area (Å²) in [4.78, 5) is 36.6. The Labute approximate surface area is 137 Å². The van der Waals surface area contributed by atoms with Crippen LogP contribution in [0.25, 0.3) is 0 Å². The highest BCUT2D eigenvalue weighted by atomic mass is 31.2. The molecule has 5 N–H and O–H groups in total. The molecule has 2 atom stereocenters. The topological polar surface area (TPSA) is 136 Å². The molecule has 0 radical (unpaired) electrons. The monoisotopic (exact) mass is 373 g/mol. The summed E-state index contributed by atoms with van der Waals surface area (Å²) < 4.78 is 28.3. The molecule has 0 bridgehead atoms. The first-order valence-electron chi connectivity index (χ1n) is 7.61. The number of rotatable bonds is 7. The molecule has 1 aliphatic rings. The van der Waals surface area contributed by atoms with E-state index in [1.54, 1.807) is 0 Å². The van der Waals surface area contributed by atoms with Gasteiger partial charge in [-0.3, -0.25) is 9.13 Å². The van der Waals surface area contributed by atoms with Gasteiger partial charge in [-0.1, -0.05) is 0 Å². The van der Waals surface area contributed by atoms with Crippen LogP contribution in [0.5, 0.6) is 0 Å². The van der Waals surface area contributed by atoms with Gasteiger partial charge in [0.15, 0.2) is 0 Å². The van der Waals surface area contributed by atoms with Crippen LogP contribution in [0.4, 0.5) is 0 Å². The zero-order chi connectivity index (χ0) is 18.1. The third-order valence-corrected chi connectivity index (χ3v) is 5.76. The minimum absolute atomic E-state index is 0.189. The molecule has 23 heavy (non-hydrogen) atoms. The van der Waals surface area contributed by atoms with Crippen molar-refractivity contribution in [2.45, 2.75) is 57.7 Å². The van der Waals surface area contributed by atoms with E-state index in [0.717, 1.165) is 0 Å². The quantitative estimate of drug-likeness (QED) is 0.421. The predicted octanol–water partition coefficient (Wildman–Crippen LogP) is 1.28. The summed E-state index contributed by atoms with van der Waals surface area (Å²) in [7, 11) is -8.38. The number of hydrogen-bond donors (Lipinski definition) is 5. The number of hydrogen-bond acceptors (Lipinski definition) is 4. The molecule has 0 aromatic heterocycles. The summed E-state index contributed by atoms with van der Waals surface area (Å²) >= 11 is 0. The molecular weight excluding hydrogens is 344 g/mol. The fourth-order valence-electron chi connectivity index (χ4n) is 3.41. The van der Waals surface area contributed by atoms with Crippen molar-refractivity contribution >= 4 is 15.2 Å². The maximum Gasteiger partial charge on any atom is 0.325 e. The van der Waals surface area contributed by atoms with Crippen molar-refractivity contribution in [3.8, 4) is 0 Å². The van der Waals surface area contributed by atoms with E-state index in [0.29, 0.717) is 6.61 Å². The molecule has 1 rings (SSSR count). The Morgan fingerprint density at radius 1 is 1.13 bits per heavy atom. The lowest BCUT2D eigenvalue weighted by Gasteiger charge is -2.50. The molecule has 0 spiro atoms. The van der Waals surface area contributed by atoms with Crippen molar-refractivity contribution in [1.29, 1.82) is 0 Å². The van der Waals surface area contributed by atoms with E-state index in [2.05, 4.69) is 5.32 Å². The minimum Gasteiger partial charge on any atom is -0.374 e. The molecule has 0 aromatic carbocycles. The molecule has 1 heterocycles. The first-order valence-corrected chi connectivity index (χ1v) is 11.2. The average Bonchev–Trinajstić information content (AvgIpc) is 2.21. The van der Waals surface area contributed by atoms with E-state index in [1.165, 1.54) is 0 Å². The van der Waals surface area contributed by atoms with E-state index in [1.807, 2.05) is 27.7 Å². The Balaban J connectivity index is 2.86. The molecule has 1 aliphatic heterocycles. The van der Waals surface area contributed by atoms with Gasteiger partial charge in [-0.15, -0.1) is 0 Å². The SMILES string of the molecule is CC1(C)COC(C(CCCP(=O)(O)O)CP(=O)(O)O)C(C)(C)N1. The van der Waals surface area contributed by atoms with Crippen molar-refractivity contribution in [2.75, 3.05) is 18.9 Å². The third kappa shape index (κ3) is 7.76. The summed E-state index contributed by atoms with van der Waals surface area (Å²) in [6, 6.07) is 0. The van der Waals surface area contributed by atoms with Gasteiger partial charge in [-0.05, 0) is 46.5 Å². The van der Waals surface area contributed by atoms with Crippen LogP contribution in [0.3, 0.4) is 0 Å². The van der Waals surface area contributed by atoms with Gasteiger partial charge in [0.25, 0.3) is 0 Å². The Hall–Kier alpha value is 0.220. The van der Waals surface area contributed by atoms with Crippen molar-refractivity contribution in [3.63, 3.8) is 0 Å². The number of morpholine rings is 1. The second-order valence-corrected chi connectivity index (χ2v) is 11.1. The third-order valence-electron chi connectivity index (χ3n) is 3.92. The summed E-state index contributed by atoms with van der Waals surface area (Å²) in [6.45, 7) is 8.19. The van der Waals surface area contributed by atoms with Crippen LogP contribution in [0.15, 0.2) is 0 Å². The van der Waals surface area contributed by atoms with Gasteiger partial charge in [0.1, 0.15) is 0 Å². The Bertz CT molecular complexity index is 497. The maximum atomic E-state index is 11.4. The zero-order valence-corrected chi connectivity index (χ0v) is 15.9. The number of nitrogens with one attached hydrogen (secondary N) is 1. The molecule has 0 aliphatic carbocycles. The summed E-state index contributed by atoms with van der Waals surface area (Å²) in [5.74, 6) is -0.485. The van der Waals surface area contributed by atoms with Crippen molar-refractivity contribution in [1.82, 2.24) is 5.32 Å². The van der Waals surface area contributed by atoms with Gasteiger partial charge in [0.2, 0.25) is 0 Å². The van der Waals surface area contributed by atoms with Gasteiger partial charge in [-0.2, -0.15) is 0 Å². The van der Waals surface area contributed by atoms with Gasteiger partial charge in [0.05, 0.1) is 18.9 Å². The van der Waals surface area contributed by atoms with E-state index in [9.17, 15) is 18.9 Å². The van der Waals surface area contributed by atoms with E-state index in [4.69, 9.17) is 14.5 Å². The summed E-state index contributed by atoms with van der Waals surface area (Å²) in [5, 5.41) is 3.42. The molecule has 0 amide bonds. The van der Waals surface area contributed by atoms with Crippen LogP contribution in [0.1, 0.15) is 40.5 Å². The van der Waals surface area contributed by atoms with Crippen LogP contribution in [0, 0.1) is 5.92 Å². The molecule has 8 nitrogen and oxygen atoms in total. The normalized spacial score (nSPS) is 26.0. The minimum atomic E-state index is -4.26. The predicted molar refractivity (Wildman–Crippen MR) is 87.6 cm³/mol. The van der Waals surface area contributed by atoms with Gasteiger partial charge in [0, 0.05) is 17.2 Å². The van der Waals surface area contributed by atoms with Crippen molar-refractivity contribution < 1.29 is 33.4 Å². The highest BCUT2D eigenvalue weighted by Crippen LogP contribution is 2.44. The molecule has 2 unspecified atom stereocenters. The molecular formula is C13H29NO7P2. The first kappa shape index (κ1) is 21.3. The van der Waals surface area contributed by atoms with Gasteiger partial charge in [-0.25, -0.2) is 0 Å². The highest BCUT2D eigenvalue weighted by molar-refractivity contribution is 7.52. The van der Waals surface area contributed by atoms with Crippen LogP contribution >= 0.6 is 15.2 Å². The smallest absolute Gasteiger partial charge is 0.325 e. The van der Waals surface area contributed by atoms with Gasteiger partial charge < -0.3 is 29.6 Å². The van der Waals surface area contributed by atoms with Crippen LogP contribution in [-0.2, 0) is 13.9 Å². The number of ether oxygens (including phenoxy) is 1. The van der Waals surface area contributed by atoms with E-state index < -0.39 is 32.8 Å². The lowest BCUT2D eigenvalue weighted by Crippen LogP contribution is -2.67. The largest absolute Gasteiger partial charge is 0.374 e. The molecule has 1 saturated heterocycles. The van der Waals surface area contributed by atoms with Crippen LogP contribution in [0.2, 0.25) is 0 Å². The fourth-order valence-corrected chi connectivity index (χ4v) is 4.99. The molecule has 10 heteroatoms. The van der Waals surface area contributed by atoms with Crippen LogP contribution in [-0.4, -0.2) is 55.7 Å². The fraction of sp³-hybridized carbons (Fsp3) is 1.00. The van der Waals surface area contributed by atoms with Crippen molar-refractivity contribution in [2.24, 2.45) is 5.92 Å². The van der Waals surface area contributed by atoms with Gasteiger partial charge >= 0.3 is 15.2 Å². The van der Waals surface area contributed by atoms with E-state index >= 15 is 0 Å². The second kappa shape index (κ2) is 7.22. The summed E-state index contributed by atoms with van der Waals surface area (Å²) in [5.41, 5.74) is -0.762. The lowest BCUT2D eigenvalue weighted by atomic mass is 9.81. The highest BCUT2D eigenvalue weighted by Gasteiger charge is 2.45. The average molecular weight is 373 g/mol. The second-order valence-electron chi connectivity index (χ2n) is 7.60. The molecule has 0 saturated carbocycles. The Kier molecular flexibility index (Phi) is 6.68. The van der Waals surface area contributed by atoms with Crippen molar-refractivity contribution in [3.05, 3.63) is 0 Å².